The van der Waals surface area contributed by atoms with Crippen molar-refractivity contribution in [1.29, 1.82) is 0 Å². The second-order valence-electron chi connectivity index (χ2n) is 3.81. The highest BCUT2D eigenvalue weighted by molar-refractivity contribution is 5.79. The quantitative estimate of drug-likeness (QED) is 0.753. The molecule has 1 aromatic rings. The lowest BCUT2D eigenvalue weighted by Crippen LogP contribution is -2.33. The number of carbonyl (C=O) groups is 1. The van der Waals surface area contributed by atoms with E-state index in [0.717, 1.165) is 24.4 Å². The number of benzene rings is 1. The van der Waals surface area contributed by atoms with Crippen LogP contribution in [0, 0.1) is 0 Å². The second-order valence-corrected chi connectivity index (χ2v) is 3.81. The van der Waals surface area contributed by atoms with Crippen LogP contribution >= 0.6 is 0 Å². The van der Waals surface area contributed by atoms with Crippen LogP contribution in [0.1, 0.15) is 25.8 Å². The molecule has 0 spiro atoms. The molecule has 0 saturated carbocycles. The first-order valence-corrected chi connectivity index (χ1v) is 5.93. The van der Waals surface area contributed by atoms with E-state index in [2.05, 4.69) is 5.32 Å². The van der Waals surface area contributed by atoms with Crippen molar-refractivity contribution in [2.45, 2.75) is 32.9 Å². The Hall–Kier alpha value is -1.55. The molecule has 0 aromatic heterocycles. The van der Waals surface area contributed by atoms with Crippen molar-refractivity contribution in [3.8, 4) is 5.75 Å². The van der Waals surface area contributed by atoms with Crippen molar-refractivity contribution in [2.24, 2.45) is 5.73 Å². The third-order valence-electron chi connectivity index (χ3n) is 2.50. The van der Waals surface area contributed by atoms with Gasteiger partial charge in [-0.05, 0) is 19.0 Å². The number of carbonyl (C=O) groups excluding carboxylic acids is 1. The molecule has 17 heavy (non-hydrogen) atoms. The van der Waals surface area contributed by atoms with Gasteiger partial charge in [0.25, 0.3) is 5.91 Å². The van der Waals surface area contributed by atoms with Crippen molar-refractivity contribution in [3.05, 3.63) is 29.8 Å². The Morgan fingerprint density at radius 2 is 2.12 bits per heavy atom. The van der Waals surface area contributed by atoms with Gasteiger partial charge >= 0.3 is 0 Å². The molecule has 4 nitrogen and oxygen atoms in total. The van der Waals surface area contributed by atoms with Crippen LogP contribution in [-0.2, 0) is 11.3 Å². The van der Waals surface area contributed by atoms with Crippen LogP contribution in [0.5, 0.6) is 5.75 Å². The highest BCUT2D eigenvalue weighted by Crippen LogP contribution is 2.19. The Morgan fingerprint density at radius 1 is 1.41 bits per heavy atom. The van der Waals surface area contributed by atoms with Crippen LogP contribution in [0.3, 0.4) is 0 Å². The maximum Gasteiger partial charge on any atom is 0.258 e. The van der Waals surface area contributed by atoms with Crippen molar-refractivity contribution < 1.29 is 9.53 Å². The van der Waals surface area contributed by atoms with Gasteiger partial charge in [-0.3, -0.25) is 4.79 Å². The minimum absolute atomic E-state index is 0.425. The van der Waals surface area contributed by atoms with Gasteiger partial charge in [-0.15, -0.1) is 0 Å². The molecular weight excluding hydrogens is 216 g/mol. The highest BCUT2D eigenvalue weighted by Gasteiger charge is 2.15. The van der Waals surface area contributed by atoms with E-state index in [1.165, 1.54) is 0 Å². The predicted molar refractivity (Wildman–Crippen MR) is 67.7 cm³/mol. The van der Waals surface area contributed by atoms with Crippen LogP contribution in [0.15, 0.2) is 24.3 Å². The molecule has 0 aliphatic carbocycles. The summed E-state index contributed by atoms with van der Waals surface area (Å²) in [6, 6.07) is 7.67. The summed E-state index contributed by atoms with van der Waals surface area (Å²) in [4.78, 5) is 11.1. The molecule has 1 amide bonds. The Kier molecular flexibility index (Phi) is 5.49. The summed E-state index contributed by atoms with van der Waals surface area (Å²) >= 11 is 0. The van der Waals surface area contributed by atoms with Gasteiger partial charge < -0.3 is 15.8 Å². The smallest absolute Gasteiger partial charge is 0.258 e. The number of rotatable bonds is 7. The first-order chi connectivity index (χ1) is 8.19. The molecule has 1 aromatic carbocycles. The third kappa shape index (κ3) is 4.07. The second kappa shape index (κ2) is 6.91. The number of amides is 1. The minimum atomic E-state index is -0.558. The van der Waals surface area contributed by atoms with Crippen LogP contribution < -0.4 is 15.8 Å². The molecule has 4 heteroatoms. The molecule has 3 N–H and O–H groups in total. The van der Waals surface area contributed by atoms with Gasteiger partial charge in [0, 0.05) is 12.1 Å². The number of nitrogens with one attached hydrogen (secondary N) is 1. The van der Waals surface area contributed by atoms with E-state index in [1.54, 1.807) is 0 Å². The summed E-state index contributed by atoms with van der Waals surface area (Å²) in [6.07, 6.45) is 0.0167. The number of hydrogen-bond donors (Lipinski definition) is 2. The number of para-hydroxylation sites is 1. The van der Waals surface area contributed by atoms with Crippen molar-refractivity contribution in [1.82, 2.24) is 5.32 Å². The fraction of sp³-hybridized carbons (Fsp3) is 0.462. The van der Waals surface area contributed by atoms with Gasteiger partial charge in [0.1, 0.15) is 5.75 Å². The summed E-state index contributed by atoms with van der Waals surface area (Å²) in [5.74, 6) is 0.296. The van der Waals surface area contributed by atoms with Crippen LogP contribution in [0.4, 0.5) is 0 Å². The fourth-order valence-electron chi connectivity index (χ4n) is 1.52. The monoisotopic (exact) mass is 236 g/mol. The van der Waals surface area contributed by atoms with Gasteiger partial charge in [-0.1, -0.05) is 32.0 Å². The summed E-state index contributed by atoms with van der Waals surface area (Å²) < 4.78 is 5.64. The summed E-state index contributed by atoms with van der Waals surface area (Å²) in [7, 11) is 0. The fourth-order valence-corrected chi connectivity index (χ4v) is 1.52. The highest BCUT2D eigenvalue weighted by atomic mass is 16.5. The Labute approximate surface area is 102 Å². The lowest BCUT2D eigenvalue weighted by Gasteiger charge is -2.17. The first kappa shape index (κ1) is 13.5. The first-order valence-electron chi connectivity index (χ1n) is 5.93. The van der Waals surface area contributed by atoms with Crippen LogP contribution in [-0.4, -0.2) is 18.6 Å². The molecule has 0 aliphatic heterocycles. The zero-order valence-corrected chi connectivity index (χ0v) is 10.4. The van der Waals surface area contributed by atoms with Crippen LogP contribution in [0.2, 0.25) is 0 Å². The molecular formula is C13H20N2O2. The van der Waals surface area contributed by atoms with E-state index in [0.29, 0.717) is 6.42 Å². The molecule has 0 saturated heterocycles. The number of ether oxygens (including phenoxy) is 1. The van der Waals surface area contributed by atoms with Gasteiger partial charge in [-0.2, -0.15) is 0 Å². The van der Waals surface area contributed by atoms with E-state index >= 15 is 0 Å². The van der Waals surface area contributed by atoms with E-state index in [9.17, 15) is 4.79 Å². The topological polar surface area (TPSA) is 64.3 Å². The van der Waals surface area contributed by atoms with E-state index < -0.39 is 12.0 Å². The number of hydrogen-bond acceptors (Lipinski definition) is 3. The molecule has 94 valence electrons. The Bertz CT molecular complexity index is 366. The lowest BCUT2D eigenvalue weighted by molar-refractivity contribution is -0.124. The largest absolute Gasteiger partial charge is 0.480 e. The Balaban J connectivity index is 2.78. The average Bonchev–Trinajstić information content (AvgIpc) is 2.34. The molecule has 0 fully saturated rings. The van der Waals surface area contributed by atoms with Crippen molar-refractivity contribution >= 4 is 5.91 Å². The van der Waals surface area contributed by atoms with Crippen LogP contribution in [0.25, 0.3) is 0 Å². The maximum absolute atomic E-state index is 11.1. The lowest BCUT2D eigenvalue weighted by atomic mass is 10.2. The molecule has 0 heterocycles. The predicted octanol–water partition coefficient (Wildman–Crippen LogP) is 1.44. The van der Waals surface area contributed by atoms with Crippen molar-refractivity contribution in [2.75, 3.05) is 6.54 Å². The summed E-state index contributed by atoms with van der Waals surface area (Å²) in [5, 5.41) is 3.23. The maximum atomic E-state index is 11.1. The SMILES string of the molecule is CCNCc1ccccc1OC(CC)C(N)=O. The van der Waals surface area contributed by atoms with E-state index in [4.69, 9.17) is 10.5 Å². The number of nitrogens with two attached hydrogens (primary N) is 1. The molecule has 1 rings (SSSR count). The van der Waals surface area contributed by atoms with Gasteiger partial charge in [-0.25, -0.2) is 0 Å². The van der Waals surface area contributed by atoms with Gasteiger partial charge in [0.15, 0.2) is 6.10 Å². The Morgan fingerprint density at radius 3 is 2.71 bits per heavy atom. The molecule has 0 bridgehead atoms. The molecule has 1 unspecified atom stereocenters. The zero-order valence-electron chi connectivity index (χ0n) is 10.4. The van der Waals surface area contributed by atoms with E-state index in [1.807, 2.05) is 38.1 Å². The number of primary amides is 1. The normalized spacial score (nSPS) is 12.1. The minimum Gasteiger partial charge on any atom is -0.480 e. The summed E-state index contributed by atoms with van der Waals surface area (Å²) in [6.45, 7) is 5.54. The van der Waals surface area contributed by atoms with Gasteiger partial charge in [0.05, 0.1) is 0 Å². The molecule has 1 atom stereocenters. The van der Waals surface area contributed by atoms with Gasteiger partial charge in [0.2, 0.25) is 0 Å². The summed E-state index contributed by atoms with van der Waals surface area (Å²) in [5.41, 5.74) is 6.30. The third-order valence-corrected chi connectivity index (χ3v) is 2.50. The molecule has 0 radical (unpaired) electrons. The van der Waals surface area contributed by atoms with Crippen molar-refractivity contribution in [3.63, 3.8) is 0 Å². The molecule has 0 aliphatic rings. The zero-order chi connectivity index (χ0) is 12.7. The van der Waals surface area contributed by atoms with E-state index in [-0.39, 0.29) is 0 Å². The standard InChI is InChI=1S/C13H20N2O2/c1-3-11(13(14)16)17-12-8-6-5-7-10(12)9-15-4-2/h5-8,11,15H,3-4,9H2,1-2H3,(H2,14,16). The average molecular weight is 236 g/mol.